The van der Waals surface area contributed by atoms with Crippen molar-refractivity contribution < 1.29 is 27.9 Å². The number of fused-ring (bicyclic) bond motifs is 1. The van der Waals surface area contributed by atoms with Gasteiger partial charge in [0.1, 0.15) is 11.4 Å². The molecule has 8 heteroatoms. The number of hydrogen-bond acceptors (Lipinski definition) is 6. The molecule has 1 amide bonds. The second kappa shape index (κ2) is 8.05. The monoisotopic (exact) mass is 397 g/mol. The highest BCUT2D eigenvalue weighted by Crippen LogP contribution is 2.17. The third-order valence-electron chi connectivity index (χ3n) is 4.01. The number of ketones is 1. The number of anilines is 1. The van der Waals surface area contributed by atoms with Gasteiger partial charge < -0.3 is 14.5 Å². The van der Waals surface area contributed by atoms with Crippen LogP contribution in [0.3, 0.4) is 0 Å². The Morgan fingerprint density at radius 3 is 2.55 bits per heavy atom. The molecule has 3 aromatic rings. The smallest absolute Gasteiger partial charge is 0.374 e. The highest BCUT2D eigenvalue weighted by molar-refractivity contribution is 6.00. The number of esters is 1. The van der Waals surface area contributed by atoms with Crippen LogP contribution in [0.5, 0.6) is 0 Å². The zero-order valence-electron chi connectivity index (χ0n) is 15.6. The fourth-order valence-electron chi connectivity index (χ4n) is 2.67. The molecule has 7 nitrogen and oxygen atoms in total. The molecular weight excluding hydrogens is 381 g/mol. The number of halogens is 1. The van der Waals surface area contributed by atoms with E-state index >= 15 is 0 Å². The van der Waals surface area contributed by atoms with Crippen LogP contribution in [0, 0.1) is 12.7 Å². The molecule has 0 spiro atoms. The lowest BCUT2D eigenvalue weighted by Crippen LogP contribution is -2.17. The van der Waals surface area contributed by atoms with Gasteiger partial charge in [-0.2, -0.15) is 0 Å². The topological polar surface area (TPSA) is 103 Å². The zero-order chi connectivity index (χ0) is 21.1. The third-order valence-corrected chi connectivity index (χ3v) is 4.01. The van der Waals surface area contributed by atoms with Crippen LogP contribution in [0.1, 0.15) is 33.4 Å². The van der Waals surface area contributed by atoms with Crippen LogP contribution in [0.2, 0.25) is 0 Å². The minimum absolute atomic E-state index is 0.191. The Balaban J connectivity index is 1.73. The SMILES string of the molecule is CC(=O)Nc1ccc(C(=O)COC(=O)c2cc(=O)c3cc(C)ccc3o2)c(F)c1. The van der Waals surface area contributed by atoms with E-state index in [4.69, 9.17) is 9.15 Å². The summed E-state index contributed by atoms with van der Waals surface area (Å²) in [7, 11) is 0. The van der Waals surface area contributed by atoms with E-state index in [-0.39, 0.29) is 28.5 Å². The van der Waals surface area contributed by atoms with E-state index in [1.54, 1.807) is 18.2 Å². The van der Waals surface area contributed by atoms with E-state index in [0.29, 0.717) is 5.39 Å². The van der Waals surface area contributed by atoms with Gasteiger partial charge in [0.25, 0.3) is 0 Å². The van der Waals surface area contributed by atoms with Gasteiger partial charge in [-0.3, -0.25) is 14.4 Å². The lowest BCUT2D eigenvalue weighted by molar-refractivity contribution is -0.114. The second-order valence-electron chi connectivity index (χ2n) is 6.35. The van der Waals surface area contributed by atoms with Crippen molar-refractivity contribution in [3.8, 4) is 0 Å². The summed E-state index contributed by atoms with van der Waals surface area (Å²) in [6, 6.07) is 9.40. The summed E-state index contributed by atoms with van der Waals surface area (Å²) in [5, 5.41) is 2.71. The number of carbonyl (C=O) groups is 3. The fourth-order valence-corrected chi connectivity index (χ4v) is 2.67. The Morgan fingerprint density at radius 1 is 1.10 bits per heavy atom. The first kappa shape index (κ1) is 19.9. The normalized spacial score (nSPS) is 10.6. The lowest BCUT2D eigenvalue weighted by atomic mass is 10.1. The first-order valence-electron chi connectivity index (χ1n) is 8.56. The number of hydrogen-bond donors (Lipinski definition) is 1. The zero-order valence-corrected chi connectivity index (χ0v) is 15.6. The lowest BCUT2D eigenvalue weighted by Gasteiger charge is -2.07. The maximum Gasteiger partial charge on any atom is 0.374 e. The van der Waals surface area contributed by atoms with Crippen LogP contribution < -0.4 is 10.7 Å². The minimum atomic E-state index is -1.02. The van der Waals surface area contributed by atoms with Crippen LogP contribution in [-0.2, 0) is 9.53 Å². The van der Waals surface area contributed by atoms with Gasteiger partial charge >= 0.3 is 5.97 Å². The van der Waals surface area contributed by atoms with Crippen molar-refractivity contribution in [2.24, 2.45) is 0 Å². The molecule has 0 saturated heterocycles. The average molecular weight is 397 g/mol. The maximum atomic E-state index is 14.1. The van der Waals surface area contributed by atoms with Gasteiger partial charge in [-0.15, -0.1) is 0 Å². The molecule has 1 N–H and O–H groups in total. The summed E-state index contributed by atoms with van der Waals surface area (Å²) in [4.78, 5) is 47.5. The number of Topliss-reactive ketones (excluding diaryl/α,β-unsaturated/α-hetero) is 1. The number of ether oxygens (including phenoxy) is 1. The Kier molecular flexibility index (Phi) is 5.54. The van der Waals surface area contributed by atoms with Crippen LogP contribution >= 0.6 is 0 Å². The Labute approximate surface area is 164 Å². The maximum absolute atomic E-state index is 14.1. The van der Waals surface area contributed by atoms with Gasteiger partial charge in [0.05, 0.1) is 10.9 Å². The van der Waals surface area contributed by atoms with E-state index in [1.165, 1.54) is 19.1 Å². The predicted molar refractivity (Wildman–Crippen MR) is 103 cm³/mol. The molecule has 0 saturated carbocycles. The highest BCUT2D eigenvalue weighted by Gasteiger charge is 2.18. The van der Waals surface area contributed by atoms with Gasteiger partial charge in [0, 0.05) is 18.7 Å². The number of nitrogens with one attached hydrogen (secondary N) is 1. The molecule has 2 aromatic carbocycles. The molecule has 29 heavy (non-hydrogen) atoms. The van der Waals surface area contributed by atoms with Gasteiger partial charge in [-0.1, -0.05) is 11.6 Å². The second-order valence-corrected chi connectivity index (χ2v) is 6.35. The molecule has 3 rings (SSSR count). The Hall–Kier alpha value is -3.81. The molecule has 1 aromatic heterocycles. The van der Waals surface area contributed by atoms with Crippen molar-refractivity contribution >= 4 is 34.3 Å². The highest BCUT2D eigenvalue weighted by atomic mass is 19.1. The first-order valence-corrected chi connectivity index (χ1v) is 8.56. The van der Waals surface area contributed by atoms with Gasteiger partial charge in [0.15, 0.2) is 12.0 Å². The summed E-state index contributed by atoms with van der Waals surface area (Å²) in [5.74, 6) is -3.42. The standard InChI is InChI=1S/C21H16FNO6/c1-11-3-6-19-15(7-11)17(25)9-20(29-19)21(27)28-10-18(26)14-5-4-13(8-16(14)22)23-12(2)24/h3-9H,10H2,1-2H3,(H,23,24). The number of aryl methyl sites for hydroxylation is 1. The molecule has 0 bridgehead atoms. The van der Waals surface area contributed by atoms with Crippen LogP contribution in [0.15, 0.2) is 51.7 Å². The number of amides is 1. The predicted octanol–water partition coefficient (Wildman–Crippen LogP) is 3.24. The van der Waals surface area contributed by atoms with Crippen molar-refractivity contribution in [2.75, 3.05) is 11.9 Å². The summed E-state index contributed by atoms with van der Waals surface area (Å²) >= 11 is 0. The van der Waals surface area contributed by atoms with E-state index in [0.717, 1.165) is 17.7 Å². The minimum Gasteiger partial charge on any atom is -0.451 e. The molecule has 0 fully saturated rings. The fraction of sp³-hybridized carbons (Fsp3) is 0.143. The molecule has 0 aliphatic heterocycles. The molecule has 0 aliphatic rings. The molecular formula is C21H16FNO6. The average Bonchev–Trinajstić information content (AvgIpc) is 2.66. The van der Waals surface area contributed by atoms with Gasteiger partial charge in [0.2, 0.25) is 17.5 Å². The number of carbonyl (C=O) groups excluding carboxylic acids is 3. The van der Waals surface area contributed by atoms with Gasteiger partial charge in [-0.05, 0) is 37.3 Å². The van der Waals surface area contributed by atoms with Crippen LogP contribution in [0.4, 0.5) is 10.1 Å². The Morgan fingerprint density at radius 2 is 1.86 bits per heavy atom. The molecule has 0 radical (unpaired) electrons. The van der Waals surface area contributed by atoms with E-state index < -0.39 is 29.6 Å². The van der Waals surface area contributed by atoms with Crippen molar-refractivity contribution in [3.63, 3.8) is 0 Å². The first-order chi connectivity index (χ1) is 13.7. The van der Waals surface area contributed by atoms with Crippen molar-refractivity contribution in [2.45, 2.75) is 13.8 Å². The van der Waals surface area contributed by atoms with Crippen molar-refractivity contribution in [1.82, 2.24) is 0 Å². The molecule has 0 unspecified atom stereocenters. The summed E-state index contributed by atoms with van der Waals surface area (Å²) in [5.41, 5.74) is 0.533. The van der Waals surface area contributed by atoms with Crippen LogP contribution in [-0.4, -0.2) is 24.3 Å². The Bertz CT molecular complexity index is 1200. The van der Waals surface area contributed by atoms with E-state index in [1.807, 2.05) is 6.92 Å². The summed E-state index contributed by atoms with van der Waals surface area (Å²) < 4.78 is 24.3. The quantitative estimate of drug-likeness (QED) is 0.524. The number of rotatable bonds is 5. The number of benzene rings is 2. The van der Waals surface area contributed by atoms with Crippen LogP contribution in [0.25, 0.3) is 11.0 Å². The van der Waals surface area contributed by atoms with E-state index in [9.17, 15) is 23.6 Å². The summed E-state index contributed by atoms with van der Waals surface area (Å²) in [6.45, 7) is 2.34. The van der Waals surface area contributed by atoms with E-state index in [2.05, 4.69) is 5.32 Å². The summed E-state index contributed by atoms with van der Waals surface area (Å²) in [6.07, 6.45) is 0. The van der Waals surface area contributed by atoms with Crippen molar-refractivity contribution in [3.05, 3.63) is 75.4 Å². The molecule has 0 aliphatic carbocycles. The third kappa shape index (κ3) is 4.55. The molecule has 148 valence electrons. The van der Waals surface area contributed by atoms with Gasteiger partial charge in [-0.25, -0.2) is 9.18 Å². The molecule has 0 atom stereocenters. The van der Waals surface area contributed by atoms with Crippen molar-refractivity contribution in [1.29, 1.82) is 0 Å². The largest absolute Gasteiger partial charge is 0.451 e. The molecule has 1 heterocycles.